The molecule has 2 amide bonds. The number of methoxy groups -OCH3 is 1. The van der Waals surface area contributed by atoms with Gasteiger partial charge in [-0.1, -0.05) is 72.9 Å². The zero-order valence-electron chi connectivity index (χ0n) is 31.2. The third-order valence-electron chi connectivity index (χ3n) is 11.2. The van der Waals surface area contributed by atoms with Crippen molar-refractivity contribution in [2.45, 2.75) is 63.2 Å². The maximum Gasteiger partial charge on any atom is 0.269 e. The van der Waals surface area contributed by atoms with E-state index in [1.54, 1.807) is 59.2 Å². The standard InChI is InChI=1S/C41H44N6O7Si/c1-27-38(55(3,4)34-17-15-33(53-2)16-18-34)37(20-22-45-26-31(21-23-48)43-44-45)54-41(27)35-24-32(47(51)52)14-19-36(35)46(40(41)50)25-28-10-12-30(13-11-28)42-39(49)29-8-6-5-7-9-29/h5-19,24,26-27,37-38,48H,20-23,25H2,1-4H3,(H,42,49)/t27-,37+,38-,41+/m1/s1. The SMILES string of the molecule is COc1ccc([Si](C)(C)[C@H]2[C@H](CCn3cc(CCO)nn3)O[C@@]3(C(=O)N(Cc4ccc(NC(=O)c5ccccc5)cc4)c4ccc([N+](=O)[O-])cc43)[C@@H]2C)cc1. The summed E-state index contributed by atoms with van der Waals surface area (Å²) in [6.45, 7) is 7.23. The molecule has 1 saturated heterocycles. The van der Waals surface area contributed by atoms with Crippen molar-refractivity contribution < 1.29 is 29.1 Å². The van der Waals surface area contributed by atoms with E-state index in [1.807, 2.05) is 43.5 Å². The predicted molar refractivity (Wildman–Crippen MR) is 210 cm³/mol. The van der Waals surface area contributed by atoms with Crippen LogP contribution in [0.3, 0.4) is 0 Å². The zero-order chi connectivity index (χ0) is 38.9. The van der Waals surface area contributed by atoms with Gasteiger partial charge in [-0.05, 0) is 60.0 Å². The van der Waals surface area contributed by atoms with Crippen LogP contribution in [0.5, 0.6) is 5.75 Å². The quantitative estimate of drug-likeness (QED) is 0.0854. The Bertz CT molecular complexity index is 2200. The molecule has 0 radical (unpaired) electrons. The third-order valence-corrected chi connectivity index (χ3v) is 15.6. The number of nitrogens with one attached hydrogen (secondary N) is 1. The van der Waals surface area contributed by atoms with E-state index < -0.39 is 24.7 Å². The van der Waals surface area contributed by atoms with Crippen molar-refractivity contribution in [3.05, 3.63) is 136 Å². The monoisotopic (exact) mass is 760 g/mol. The van der Waals surface area contributed by atoms with Crippen molar-refractivity contribution >= 4 is 42.1 Å². The Hall–Kier alpha value is -5.70. The maximum atomic E-state index is 15.2. The number of hydrogen-bond donors (Lipinski definition) is 2. The molecule has 2 aliphatic rings. The van der Waals surface area contributed by atoms with Crippen LogP contribution < -0.4 is 20.1 Å². The number of ether oxygens (including phenoxy) is 2. The molecular formula is C41H44N6O7Si. The number of nitrogens with zero attached hydrogens (tertiary/aromatic N) is 5. The van der Waals surface area contributed by atoms with Crippen LogP contribution in [-0.4, -0.2) is 64.7 Å². The van der Waals surface area contributed by atoms with Crippen LogP contribution in [0.2, 0.25) is 18.6 Å². The Morgan fingerprint density at radius 2 is 1.78 bits per heavy atom. The van der Waals surface area contributed by atoms with E-state index in [0.717, 1.165) is 11.3 Å². The lowest BCUT2D eigenvalue weighted by Crippen LogP contribution is -2.51. The van der Waals surface area contributed by atoms with Gasteiger partial charge in [0.2, 0.25) is 0 Å². The number of carbonyl (C=O) groups excluding carboxylic acids is 2. The first-order chi connectivity index (χ1) is 26.5. The number of hydrogen-bond acceptors (Lipinski definition) is 9. The topological polar surface area (TPSA) is 162 Å². The molecule has 284 valence electrons. The average Bonchev–Trinajstić information content (AvgIpc) is 3.84. The van der Waals surface area contributed by atoms with Crippen molar-refractivity contribution in [2.75, 3.05) is 23.9 Å². The zero-order valence-corrected chi connectivity index (χ0v) is 32.2. The summed E-state index contributed by atoms with van der Waals surface area (Å²) in [6.07, 6.45) is 2.31. The van der Waals surface area contributed by atoms with Gasteiger partial charge in [-0.3, -0.25) is 24.4 Å². The van der Waals surface area contributed by atoms with Gasteiger partial charge >= 0.3 is 0 Å². The van der Waals surface area contributed by atoms with Gasteiger partial charge in [0.1, 0.15) is 5.75 Å². The average molecular weight is 761 g/mol. The molecule has 0 bridgehead atoms. The van der Waals surface area contributed by atoms with Crippen LogP contribution in [0.1, 0.15) is 40.5 Å². The lowest BCUT2D eigenvalue weighted by molar-refractivity contribution is -0.385. The number of non-ortho nitro benzene ring substituents is 1. The molecule has 0 saturated carbocycles. The molecule has 4 aromatic carbocycles. The van der Waals surface area contributed by atoms with Gasteiger partial charge in [0.05, 0.1) is 44.1 Å². The number of rotatable bonds is 13. The highest BCUT2D eigenvalue weighted by molar-refractivity contribution is 6.91. The van der Waals surface area contributed by atoms with E-state index in [0.29, 0.717) is 47.6 Å². The number of benzene rings is 4. The highest BCUT2D eigenvalue weighted by Crippen LogP contribution is 2.60. The molecule has 1 fully saturated rings. The molecule has 3 heterocycles. The fraction of sp³-hybridized carbons (Fsp3) is 0.317. The van der Waals surface area contributed by atoms with Crippen LogP contribution in [0, 0.1) is 16.0 Å². The molecule has 2 N–H and O–H groups in total. The first-order valence-electron chi connectivity index (χ1n) is 18.3. The number of aromatic nitrogens is 3. The van der Waals surface area contributed by atoms with Crippen molar-refractivity contribution in [3.63, 3.8) is 0 Å². The largest absolute Gasteiger partial charge is 0.497 e. The number of nitro groups is 1. The minimum absolute atomic E-state index is 0.0344. The van der Waals surface area contributed by atoms with E-state index in [1.165, 1.54) is 17.3 Å². The summed E-state index contributed by atoms with van der Waals surface area (Å²) in [5.41, 5.74) is 2.00. The van der Waals surface area contributed by atoms with Gasteiger partial charge in [-0.15, -0.1) is 5.10 Å². The predicted octanol–water partition coefficient (Wildman–Crippen LogP) is 5.84. The van der Waals surface area contributed by atoms with Crippen molar-refractivity contribution in [1.29, 1.82) is 0 Å². The summed E-state index contributed by atoms with van der Waals surface area (Å²) >= 11 is 0. The maximum absolute atomic E-state index is 15.2. The summed E-state index contributed by atoms with van der Waals surface area (Å²) in [5.74, 6) is -0.116. The van der Waals surface area contributed by atoms with Crippen LogP contribution in [0.4, 0.5) is 17.1 Å². The Morgan fingerprint density at radius 1 is 1.05 bits per heavy atom. The van der Waals surface area contributed by atoms with Gasteiger partial charge in [-0.2, -0.15) is 0 Å². The van der Waals surface area contributed by atoms with E-state index >= 15 is 4.79 Å². The summed E-state index contributed by atoms with van der Waals surface area (Å²) in [6, 6.07) is 28.9. The second kappa shape index (κ2) is 15.2. The first kappa shape index (κ1) is 37.6. The Morgan fingerprint density at radius 3 is 2.45 bits per heavy atom. The molecule has 0 aliphatic carbocycles. The number of anilines is 2. The second-order valence-corrected chi connectivity index (χ2v) is 19.4. The van der Waals surface area contributed by atoms with Gasteiger partial charge in [0.25, 0.3) is 17.5 Å². The summed E-state index contributed by atoms with van der Waals surface area (Å²) in [5, 5.41) is 34.1. The van der Waals surface area contributed by atoms with Crippen molar-refractivity contribution in [3.8, 4) is 5.75 Å². The van der Waals surface area contributed by atoms with Crippen LogP contribution in [0.15, 0.2) is 103 Å². The summed E-state index contributed by atoms with van der Waals surface area (Å²) in [4.78, 5) is 41.3. The molecule has 5 aromatic rings. The van der Waals surface area contributed by atoms with E-state index in [2.05, 4.69) is 40.9 Å². The number of nitro benzene ring substituents is 1. The summed E-state index contributed by atoms with van der Waals surface area (Å²) in [7, 11) is -0.841. The van der Waals surface area contributed by atoms with Crippen LogP contribution in [0.25, 0.3) is 0 Å². The highest BCUT2D eigenvalue weighted by atomic mass is 28.3. The minimum atomic E-state index is -2.47. The molecule has 1 spiro atoms. The summed E-state index contributed by atoms with van der Waals surface area (Å²) < 4.78 is 14.3. The lowest BCUT2D eigenvalue weighted by atomic mass is 9.82. The first-order valence-corrected chi connectivity index (χ1v) is 21.4. The van der Waals surface area contributed by atoms with Gasteiger partial charge < -0.3 is 24.8 Å². The number of amides is 2. The Labute approximate surface area is 320 Å². The smallest absolute Gasteiger partial charge is 0.269 e. The van der Waals surface area contributed by atoms with Gasteiger partial charge in [0.15, 0.2) is 5.60 Å². The van der Waals surface area contributed by atoms with Crippen molar-refractivity contribution in [2.24, 2.45) is 5.92 Å². The normalized spacial score (nSPS) is 20.5. The molecule has 7 rings (SSSR count). The van der Waals surface area contributed by atoms with E-state index in [4.69, 9.17) is 9.47 Å². The number of aliphatic hydroxyl groups excluding tert-OH is 1. The molecule has 0 unspecified atom stereocenters. The minimum Gasteiger partial charge on any atom is -0.497 e. The molecular weight excluding hydrogens is 717 g/mol. The van der Waals surface area contributed by atoms with E-state index in [-0.39, 0.29) is 42.1 Å². The Balaban J connectivity index is 1.24. The third kappa shape index (κ3) is 7.04. The number of aliphatic hydroxyl groups is 1. The molecule has 13 nitrogen and oxygen atoms in total. The number of aryl methyl sites for hydroxylation is 1. The molecule has 4 atom stereocenters. The van der Waals surface area contributed by atoms with Gasteiger partial charge in [-0.25, -0.2) is 0 Å². The van der Waals surface area contributed by atoms with E-state index in [9.17, 15) is 20.0 Å². The Kier molecular flexibility index (Phi) is 10.4. The second-order valence-electron chi connectivity index (χ2n) is 14.8. The molecule has 14 heteroatoms. The molecule has 2 aliphatic heterocycles. The lowest BCUT2D eigenvalue weighted by Gasteiger charge is -2.37. The number of fused-ring (bicyclic) bond motifs is 2. The fourth-order valence-electron chi connectivity index (χ4n) is 8.45. The number of carbonyl (C=O) groups is 2. The van der Waals surface area contributed by atoms with Crippen molar-refractivity contribution in [1.82, 2.24) is 15.0 Å². The fourth-order valence-corrected chi connectivity index (χ4v) is 12.5. The van der Waals surface area contributed by atoms with Crippen LogP contribution >= 0.6 is 0 Å². The van der Waals surface area contributed by atoms with Gasteiger partial charge in [0, 0.05) is 60.6 Å². The molecule has 55 heavy (non-hydrogen) atoms. The highest BCUT2D eigenvalue weighted by Gasteiger charge is 2.66. The van der Waals surface area contributed by atoms with Crippen LogP contribution in [-0.2, 0) is 34.6 Å². The molecule has 1 aromatic heterocycles.